The number of carbonyl (C=O) groups excluding carboxylic acids is 2. The summed E-state index contributed by atoms with van der Waals surface area (Å²) in [5.41, 5.74) is 3.12. The molecule has 1 unspecified atom stereocenters. The Labute approximate surface area is 170 Å². The zero-order valence-corrected chi connectivity index (χ0v) is 16.4. The largest absolute Gasteiger partial charge is 0.330 e. The van der Waals surface area contributed by atoms with Gasteiger partial charge in [-0.25, -0.2) is 0 Å². The molecule has 2 heterocycles. The van der Waals surface area contributed by atoms with E-state index in [2.05, 4.69) is 20.8 Å². The molecule has 28 heavy (non-hydrogen) atoms. The van der Waals surface area contributed by atoms with Crippen molar-refractivity contribution in [3.8, 4) is 0 Å². The van der Waals surface area contributed by atoms with Crippen LogP contribution in [0.15, 0.2) is 53.9 Å². The van der Waals surface area contributed by atoms with E-state index >= 15 is 0 Å². The molecule has 142 valence electrons. The Morgan fingerprint density at radius 2 is 1.96 bits per heavy atom. The van der Waals surface area contributed by atoms with Gasteiger partial charge in [-0.1, -0.05) is 35.3 Å². The van der Waals surface area contributed by atoms with Crippen LogP contribution < -0.4 is 10.6 Å². The van der Waals surface area contributed by atoms with Gasteiger partial charge >= 0.3 is 0 Å². The van der Waals surface area contributed by atoms with E-state index in [4.69, 9.17) is 23.2 Å². The predicted molar refractivity (Wildman–Crippen MR) is 109 cm³/mol. The van der Waals surface area contributed by atoms with Gasteiger partial charge in [0.05, 0.1) is 22.4 Å². The molecular formula is C20H16Cl2N4O2. The number of H-pyrrole nitrogens is 1. The van der Waals surface area contributed by atoms with Gasteiger partial charge in [-0.2, -0.15) is 5.10 Å². The van der Waals surface area contributed by atoms with Crippen LogP contribution in [0.25, 0.3) is 10.9 Å². The Hall–Kier alpha value is -2.83. The molecule has 1 aliphatic heterocycles. The molecule has 0 fully saturated rings. The van der Waals surface area contributed by atoms with Crippen molar-refractivity contribution in [2.24, 2.45) is 0 Å². The van der Waals surface area contributed by atoms with Crippen LogP contribution >= 0.6 is 23.2 Å². The summed E-state index contributed by atoms with van der Waals surface area (Å²) in [7, 11) is 0. The second-order valence-corrected chi connectivity index (χ2v) is 7.48. The Morgan fingerprint density at radius 1 is 1.21 bits per heavy atom. The lowest BCUT2D eigenvalue weighted by Gasteiger charge is -2.27. The normalized spacial score (nSPS) is 17.0. The Bertz CT molecular complexity index is 1120. The van der Waals surface area contributed by atoms with Crippen molar-refractivity contribution in [1.82, 2.24) is 15.5 Å². The lowest BCUT2D eigenvalue weighted by molar-refractivity contribution is -0.121. The second kappa shape index (κ2) is 7.30. The quantitative estimate of drug-likeness (QED) is 0.593. The summed E-state index contributed by atoms with van der Waals surface area (Å²) < 4.78 is 0. The summed E-state index contributed by atoms with van der Waals surface area (Å²) in [5.74, 6) is -0.823. The van der Waals surface area contributed by atoms with Crippen LogP contribution in [0.1, 0.15) is 24.8 Å². The maximum Gasteiger partial charge on any atom is 0.254 e. The standard InChI is InChI=1S/C20H16Cl2N4O2/c1-10-19(14(7-18(27)24-10)11-2-4-13(21)5-3-11)20(28)25-17-6-12-9-23-26-16(12)8-15(17)22/h2-6,8-9,14H,7H2,1H3,(H,23,26)(H,24,27)(H,25,28). The number of anilines is 1. The van der Waals surface area contributed by atoms with Crippen molar-refractivity contribution < 1.29 is 9.59 Å². The molecule has 6 nitrogen and oxygen atoms in total. The molecule has 1 atom stereocenters. The maximum absolute atomic E-state index is 13.1. The van der Waals surface area contributed by atoms with Gasteiger partial charge in [0.2, 0.25) is 5.91 Å². The fourth-order valence-electron chi connectivity index (χ4n) is 3.43. The number of hydrogen-bond donors (Lipinski definition) is 3. The van der Waals surface area contributed by atoms with E-state index in [1.54, 1.807) is 37.4 Å². The first-order valence-electron chi connectivity index (χ1n) is 8.62. The highest BCUT2D eigenvalue weighted by atomic mass is 35.5. The molecule has 4 rings (SSSR count). The molecule has 0 bridgehead atoms. The van der Waals surface area contributed by atoms with Gasteiger partial charge in [0, 0.05) is 34.0 Å². The third-order valence-electron chi connectivity index (χ3n) is 4.76. The number of carbonyl (C=O) groups is 2. The molecule has 0 radical (unpaired) electrons. The van der Waals surface area contributed by atoms with E-state index in [0.717, 1.165) is 16.5 Å². The summed E-state index contributed by atoms with van der Waals surface area (Å²) in [6.07, 6.45) is 1.83. The molecule has 0 aliphatic carbocycles. The minimum absolute atomic E-state index is 0.133. The van der Waals surface area contributed by atoms with Gasteiger partial charge in [0.1, 0.15) is 0 Å². The molecule has 0 saturated heterocycles. The number of nitrogens with one attached hydrogen (secondary N) is 3. The number of amides is 2. The number of fused-ring (bicyclic) bond motifs is 1. The third kappa shape index (κ3) is 3.48. The molecular weight excluding hydrogens is 399 g/mol. The maximum atomic E-state index is 13.1. The highest BCUT2D eigenvalue weighted by molar-refractivity contribution is 6.34. The van der Waals surface area contributed by atoms with Crippen molar-refractivity contribution in [3.05, 3.63) is 69.5 Å². The van der Waals surface area contributed by atoms with Crippen LogP contribution in [-0.4, -0.2) is 22.0 Å². The predicted octanol–water partition coefficient (Wildman–Crippen LogP) is 4.39. The van der Waals surface area contributed by atoms with Gasteiger partial charge in [-0.15, -0.1) is 0 Å². The minimum atomic E-state index is -0.373. The molecule has 2 amide bonds. The molecule has 1 aliphatic rings. The van der Waals surface area contributed by atoms with Crippen molar-refractivity contribution in [1.29, 1.82) is 0 Å². The number of allylic oxidation sites excluding steroid dienone is 1. The highest BCUT2D eigenvalue weighted by Crippen LogP contribution is 2.35. The van der Waals surface area contributed by atoms with Crippen LogP contribution in [-0.2, 0) is 9.59 Å². The number of aromatic nitrogens is 2. The Balaban J connectivity index is 1.69. The average Bonchev–Trinajstić information content (AvgIpc) is 3.09. The number of aromatic amines is 1. The van der Waals surface area contributed by atoms with E-state index in [1.165, 1.54) is 0 Å². The Morgan fingerprint density at radius 3 is 2.71 bits per heavy atom. The number of nitrogens with zero attached hydrogens (tertiary/aromatic N) is 1. The molecule has 3 N–H and O–H groups in total. The van der Waals surface area contributed by atoms with Crippen molar-refractivity contribution in [2.75, 3.05) is 5.32 Å². The monoisotopic (exact) mass is 414 g/mol. The number of hydrogen-bond acceptors (Lipinski definition) is 3. The zero-order valence-electron chi connectivity index (χ0n) is 14.8. The van der Waals surface area contributed by atoms with Gasteiger partial charge < -0.3 is 10.6 Å². The highest BCUT2D eigenvalue weighted by Gasteiger charge is 2.32. The van der Waals surface area contributed by atoms with Crippen LogP contribution in [0, 0.1) is 0 Å². The summed E-state index contributed by atoms with van der Waals surface area (Å²) in [4.78, 5) is 25.2. The van der Waals surface area contributed by atoms with E-state index in [-0.39, 0.29) is 24.2 Å². The summed E-state index contributed by atoms with van der Waals surface area (Å²) >= 11 is 12.3. The smallest absolute Gasteiger partial charge is 0.254 e. The van der Waals surface area contributed by atoms with E-state index < -0.39 is 0 Å². The first-order chi connectivity index (χ1) is 13.4. The third-order valence-corrected chi connectivity index (χ3v) is 5.33. The molecule has 8 heteroatoms. The van der Waals surface area contributed by atoms with Crippen LogP contribution in [0.3, 0.4) is 0 Å². The number of rotatable bonds is 3. The molecule has 0 spiro atoms. The number of halogens is 2. The van der Waals surface area contributed by atoms with Crippen molar-refractivity contribution >= 4 is 51.6 Å². The van der Waals surface area contributed by atoms with Gasteiger partial charge in [-0.3, -0.25) is 14.7 Å². The zero-order chi connectivity index (χ0) is 19.8. The molecule has 0 saturated carbocycles. The summed E-state index contributed by atoms with van der Waals surface area (Å²) in [6, 6.07) is 10.6. The fourth-order valence-corrected chi connectivity index (χ4v) is 3.77. The molecule has 1 aromatic heterocycles. The van der Waals surface area contributed by atoms with Crippen LogP contribution in [0.4, 0.5) is 5.69 Å². The van der Waals surface area contributed by atoms with E-state index in [0.29, 0.717) is 27.0 Å². The minimum Gasteiger partial charge on any atom is -0.330 e. The van der Waals surface area contributed by atoms with Gasteiger partial charge in [0.15, 0.2) is 0 Å². The first kappa shape index (κ1) is 18.5. The number of benzene rings is 2. The van der Waals surface area contributed by atoms with Gasteiger partial charge in [0.25, 0.3) is 5.91 Å². The summed E-state index contributed by atoms with van der Waals surface area (Å²) in [6.45, 7) is 1.72. The van der Waals surface area contributed by atoms with Gasteiger partial charge in [-0.05, 0) is 36.8 Å². The van der Waals surface area contributed by atoms with Crippen LogP contribution in [0.5, 0.6) is 0 Å². The summed E-state index contributed by atoms with van der Waals surface area (Å²) in [5, 5.41) is 14.2. The van der Waals surface area contributed by atoms with Crippen molar-refractivity contribution in [3.63, 3.8) is 0 Å². The Kier molecular flexibility index (Phi) is 4.83. The lowest BCUT2D eigenvalue weighted by atomic mass is 9.84. The van der Waals surface area contributed by atoms with E-state index in [1.807, 2.05) is 12.1 Å². The fraction of sp³-hybridized carbons (Fsp3) is 0.150. The topological polar surface area (TPSA) is 86.9 Å². The molecule has 3 aromatic rings. The molecule has 2 aromatic carbocycles. The SMILES string of the molecule is CC1=C(C(=O)Nc2cc3cn[nH]c3cc2Cl)C(c2ccc(Cl)cc2)CC(=O)N1. The lowest BCUT2D eigenvalue weighted by Crippen LogP contribution is -2.35. The second-order valence-electron chi connectivity index (χ2n) is 6.64. The first-order valence-corrected chi connectivity index (χ1v) is 9.38. The van der Waals surface area contributed by atoms with Crippen molar-refractivity contribution in [2.45, 2.75) is 19.3 Å². The average molecular weight is 415 g/mol. The van der Waals surface area contributed by atoms with E-state index in [9.17, 15) is 9.59 Å². The van der Waals surface area contributed by atoms with Crippen LogP contribution in [0.2, 0.25) is 10.0 Å².